The van der Waals surface area contributed by atoms with Crippen LogP contribution >= 0.6 is 0 Å². The minimum absolute atomic E-state index is 0.220. The second-order valence-corrected chi connectivity index (χ2v) is 5.15. The number of carbonyl (C=O) groups is 1. The second-order valence-electron chi connectivity index (χ2n) is 5.15. The van der Waals surface area contributed by atoms with Gasteiger partial charge >= 0.3 is 0 Å². The molecule has 1 amide bonds. The predicted octanol–water partition coefficient (Wildman–Crippen LogP) is 3.19. The molecule has 5 nitrogen and oxygen atoms in total. The van der Waals surface area contributed by atoms with Gasteiger partial charge in [0.2, 0.25) is 0 Å². The second kappa shape index (κ2) is 7.02. The lowest BCUT2D eigenvalue weighted by Crippen LogP contribution is -2.24. The van der Waals surface area contributed by atoms with E-state index in [4.69, 9.17) is 0 Å². The van der Waals surface area contributed by atoms with Gasteiger partial charge in [-0.2, -0.15) is 0 Å². The normalized spacial score (nSPS) is 10.4. The third kappa shape index (κ3) is 3.81. The quantitative estimate of drug-likeness (QED) is 0.921. The van der Waals surface area contributed by atoms with Gasteiger partial charge in [0.25, 0.3) is 5.91 Å². The van der Waals surface area contributed by atoms with E-state index < -0.39 is 0 Å². The molecule has 2 rings (SSSR count). The number of rotatable bonds is 5. The number of hydrogen-bond donors (Lipinski definition) is 1. The number of carbonyl (C=O) groups excluding carboxylic acids is 1. The van der Waals surface area contributed by atoms with Crippen molar-refractivity contribution in [2.24, 2.45) is 0 Å². The monoisotopic (exact) mass is 298 g/mol. The van der Waals surface area contributed by atoms with Gasteiger partial charge < -0.3 is 10.2 Å². The van der Waals surface area contributed by atoms with E-state index in [0.717, 1.165) is 30.2 Å². The lowest BCUT2D eigenvalue weighted by atomic mass is 10.2. The molecule has 0 aliphatic carbocycles. The van der Waals surface area contributed by atoms with Crippen molar-refractivity contribution >= 4 is 17.4 Å². The molecular formula is C17H22N4O. The molecule has 0 aliphatic heterocycles. The molecule has 0 bridgehead atoms. The zero-order chi connectivity index (χ0) is 16.1. The molecule has 5 heteroatoms. The fourth-order valence-electron chi connectivity index (χ4n) is 2.21. The van der Waals surface area contributed by atoms with Gasteiger partial charge in [0.05, 0.1) is 0 Å². The Hall–Kier alpha value is -2.43. The molecule has 1 N–H and O–H groups in total. The number of hydrogen-bond acceptors (Lipinski definition) is 4. The van der Waals surface area contributed by atoms with Gasteiger partial charge in [0, 0.05) is 24.8 Å². The van der Waals surface area contributed by atoms with E-state index in [1.165, 1.54) is 0 Å². The topological polar surface area (TPSA) is 58.1 Å². The van der Waals surface area contributed by atoms with Crippen molar-refractivity contribution in [2.45, 2.75) is 27.7 Å². The van der Waals surface area contributed by atoms with Gasteiger partial charge in [-0.25, -0.2) is 9.97 Å². The molecule has 116 valence electrons. The summed E-state index contributed by atoms with van der Waals surface area (Å²) in [6.07, 6.45) is 0. The summed E-state index contributed by atoms with van der Waals surface area (Å²) >= 11 is 0. The molecule has 0 spiro atoms. The maximum atomic E-state index is 12.4. The average Bonchev–Trinajstić information content (AvgIpc) is 2.50. The minimum atomic E-state index is -0.220. The van der Waals surface area contributed by atoms with Crippen molar-refractivity contribution in [1.29, 1.82) is 0 Å². The SMILES string of the molecule is CCN(CC)c1cc(C(=O)Nc2ccc(C)cc2)nc(C)n1. The third-order valence-electron chi connectivity index (χ3n) is 3.45. The van der Waals surface area contributed by atoms with Crippen LogP contribution in [0.15, 0.2) is 30.3 Å². The summed E-state index contributed by atoms with van der Waals surface area (Å²) in [5, 5.41) is 2.87. The van der Waals surface area contributed by atoms with Crippen LogP contribution in [0.25, 0.3) is 0 Å². The third-order valence-corrected chi connectivity index (χ3v) is 3.45. The molecular weight excluding hydrogens is 276 g/mol. The lowest BCUT2D eigenvalue weighted by Gasteiger charge is -2.20. The van der Waals surface area contributed by atoms with Crippen molar-refractivity contribution in [3.05, 3.63) is 47.4 Å². The number of anilines is 2. The fraction of sp³-hybridized carbons (Fsp3) is 0.353. The van der Waals surface area contributed by atoms with Crippen LogP contribution in [0.3, 0.4) is 0 Å². The molecule has 22 heavy (non-hydrogen) atoms. The van der Waals surface area contributed by atoms with Crippen LogP contribution in [-0.4, -0.2) is 29.0 Å². The fourth-order valence-corrected chi connectivity index (χ4v) is 2.21. The Morgan fingerprint density at radius 2 is 1.73 bits per heavy atom. The Bertz CT molecular complexity index is 648. The summed E-state index contributed by atoms with van der Waals surface area (Å²) in [6.45, 7) is 9.61. The summed E-state index contributed by atoms with van der Waals surface area (Å²) in [5.74, 6) is 1.16. The van der Waals surface area contributed by atoms with Crippen LogP contribution in [-0.2, 0) is 0 Å². The number of aromatic nitrogens is 2. The Balaban J connectivity index is 2.23. The first-order valence-electron chi connectivity index (χ1n) is 7.52. The molecule has 1 heterocycles. The van der Waals surface area contributed by atoms with Gasteiger partial charge in [-0.3, -0.25) is 4.79 Å². The van der Waals surface area contributed by atoms with Crippen molar-refractivity contribution < 1.29 is 4.79 Å². The highest BCUT2D eigenvalue weighted by molar-refractivity contribution is 6.03. The standard InChI is InChI=1S/C17H22N4O/c1-5-21(6-2)16-11-15(18-13(4)19-16)17(22)20-14-9-7-12(3)8-10-14/h7-11H,5-6H2,1-4H3,(H,20,22). The lowest BCUT2D eigenvalue weighted by molar-refractivity contribution is 0.102. The van der Waals surface area contributed by atoms with E-state index in [1.807, 2.05) is 31.2 Å². The van der Waals surface area contributed by atoms with Crippen LogP contribution in [0.5, 0.6) is 0 Å². The van der Waals surface area contributed by atoms with Gasteiger partial charge in [0.1, 0.15) is 17.3 Å². The summed E-state index contributed by atoms with van der Waals surface area (Å²) < 4.78 is 0. The van der Waals surface area contributed by atoms with Crippen molar-refractivity contribution in [3.8, 4) is 0 Å². The number of benzene rings is 1. The van der Waals surface area contributed by atoms with E-state index in [9.17, 15) is 4.79 Å². The molecule has 2 aromatic rings. The number of nitrogens with one attached hydrogen (secondary N) is 1. The molecule has 0 unspecified atom stereocenters. The van der Waals surface area contributed by atoms with Crippen molar-refractivity contribution in [2.75, 3.05) is 23.3 Å². The summed E-state index contributed by atoms with van der Waals surface area (Å²) in [7, 11) is 0. The zero-order valence-electron chi connectivity index (χ0n) is 13.6. The maximum absolute atomic E-state index is 12.4. The molecule has 1 aromatic heterocycles. The van der Waals surface area contributed by atoms with Crippen LogP contribution in [0.4, 0.5) is 11.5 Å². The maximum Gasteiger partial charge on any atom is 0.274 e. The first-order chi connectivity index (χ1) is 10.5. The summed E-state index contributed by atoms with van der Waals surface area (Å²) in [6, 6.07) is 9.42. The molecule has 1 aromatic carbocycles. The molecule has 0 aliphatic rings. The first kappa shape index (κ1) is 15.9. The number of aryl methyl sites for hydroxylation is 2. The van der Waals surface area contributed by atoms with Crippen LogP contribution in [0.2, 0.25) is 0 Å². The highest BCUT2D eigenvalue weighted by atomic mass is 16.1. The Kier molecular flexibility index (Phi) is 5.09. The van der Waals surface area contributed by atoms with Gasteiger partial charge in [-0.05, 0) is 39.8 Å². The van der Waals surface area contributed by atoms with Crippen molar-refractivity contribution in [3.63, 3.8) is 0 Å². The highest BCUT2D eigenvalue weighted by Gasteiger charge is 2.13. The smallest absolute Gasteiger partial charge is 0.274 e. The summed E-state index contributed by atoms with van der Waals surface area (Å²) in [4.78, 5) is 23.1. The largest absolute Gasteiger partial charge is 0.357 e. The zero-order valence-corrected chi connectivity index (χ0v) is 13.6. The van der Waals surface area contributed by atoms with E-state index in [-0.39, 0.29) is 5.91 Å². The van der Waals surface area contributed by atoms with Crippen LogP contribution < -0.4 is 10.2 Å². The Morgan fingerprint density at radius 3 is 2.32 bits per heavy atom. The van der Waals surface area contributed by atoms with E-state index in [1.54, 1.807) is 13.0 Å². The predicted molar refractivity (Wildman–Crippen MR) is 89.5 cm³/mol. The van der Waals surface area contributed by atoms with Crippen LogP contribution in [0.1, 0.15) is 35.7 Å². The van der Waals surface area contributed by atoms with Gasteiger partial charge in [0.15, 0.2) is 0 Å². The van der Waals surface area contributed by atoms with E-state index >= 15 is 0 Å². The first-order valence-corrected chi connectivity index (χ1v) is 7.52. The average molecular weight is 298 g/mol. The highest BCUT2D eigenvalue weighted by Crippen LogP contribution is 2.15. The molecule has 0 saturated heterocycles. The van der Waals surface area contributed by atoms with Gasteiger partial charge in [-0.15, -0.1) is 0 Å². The van der Waals surface area contributed by atoms with Crippen LogP contribution in [0, 0.1) is 13.8 Å². The Morgan fingerprint density at radius 1 is 1.09 bits per heavy atom. The Labute approximate surface area is 131 Å². The molecule has 0 fully saturated rings. The molecule has 0 saturated carbocycles. The van der Waals surface area contributed by atoms with E-state index in [0.29, 0.717) is 11.5 Å². The minimum Gasteiger partial charge on any atom is -0.357 e. The van der Waals surface area contributed by atoms with Crippen molar-refractivity contribution in [1.82, 2.24) is 9.97 Å². The number of nitrogens with zero attached hydrogens (tertiary/aromatic N) is 3. The van der Waals surface area contributed by atoms with Gasteiger partial charge in [-0.1, -0.05) is 17.7 Å². The summed E-state index contributed by atoms with van der Waals surface area (Å²) in [5.41, 5.74) is 2.30. The number of amides is 1. The van der Waals surface area contributed by atoms with E-state index in [2.05, 4.69) is 34.0 Å². The molecule has 0 atom stereocenters. The molecule has 0 radical (unpaired) electrons.